The van der Waals surface area contributed by atoms with E-state index in [-0.39, 0.29) is 6.04 Å². The third kappa shape index (κ3) is 2.34. The van der Waals surface area contributed by atoms with Gasteiger partial charge in [-0.3, -0.25) is 0 Å². The molecule has 0 saturated carbocycles. The zero-order valence-electron chi connectivity index (χ0n) is 10.7. The third-order valence-corrected chi connectivity index (χ3v) is 3.32. The summed E-state index contributed by atoms with van der Waals surface area (Å²) in [6, 6.07) is 3.39. The SMILES string of the molecule is COc1ccc(OC)c2c1CCC(NC(N)=O)C2. The number of urea groups is 1. The van der Waals surface area contributed by atoms with Gasteiger partial charge in [-0.15, -0.1) is 0 Å². The van der Waals surface area contributed by atoms with Crippen LogP contribution in [0.5, 0.6) is 11.5 Å². The predicted octanol–water partition coefficient (Wildman–Crippen LogP) is 1.23. The van der Waals surface area contributed by atoms with E-state index in [2.05, 4.69) is 5.32 Å². The fourth-order valence-electron chi connectivity index (χ4n) is 2.52. The van der Waals surface area contributed by atoms with Crippen molar-refractivity contribution in [2.75, 3.05) is 14.2 Å². The normalized spacial score (nSPS) is 17.8. The van der Waals surface area contributed by atoms with Crippen LogP contribution in [0.4, 0.5) is 4.79 Å². The van der Waals surface area contributed by atoms with Gasteiger partial charge in [0.15, 0.2) is 0 Å². The summed E-state index contributed by atoms with van der Waals surface area (Å²) in [4.78, 5) is 10.9. The highest BCUT2D eigenvalue weighted by Crippen LogP contribution is 2.35. The number of hydrogen-bond acceptors (Lipinski definition) is 3. The van der Waals surface area contributed by atoms with Gasteiger partial charge < -0.3 is 20.5 Å². The van der Waals surface area contributed by atoms with Crippen molar-refractivity contribution >= 4 is 6.03 Å². The van der Waals surface area contributed by atoms with Crippen LogP contribution in [0.2, 0.25) is 0 Å². The van der Waals surface area contributed by atoms with Crippen LogP contribution in [0.25, 0.3) is 0 Å². The van der Waals surface area contributed by atoms with Gasteiger partial charge in [0.1, 0.15) is 11.5 Å². The van der Waals surface area contributed by atoms with Crippen LogP contribution in [0.3, 0.4) is 0 Å². The highest BCUT2D eigenvalue weighted by molar-refractivity contribution is 5.72. The minimum absolute atomic E-state index is 0.0657. The molecule has 0 aromatic heterocycles. The Balaban J connectivity index is 2.31. The van der Waals surface area contributed by atoms with Gasteiger partial charge in [-0.1, -0.05) is 0 Å². The molecule has 1 atom stereocenters. The average Bonchev–Trinajstić information content (AvgIpc) is 2.36. The summed E-state index contributed by atoms with van der Waals surface area (Å²) in [5.41, 5.74) is 7.43. The summed E-state index contributed by atoms with van der Waals surface area (Å²) in [6.45, 7) is 0. The molecule has 0 saturated heterocycles. The Morgan fingerprint density at radius 1 is 1.28 bits per heavy atom. The Labute approximate surface area is 106 Å². The summed E-state index contributed by atoms with van der Waals surface area (Å²) in [6.07, 6.45) is 2.43. The van der Waals surface area contributed by atoms with Crippen LogP contribution in [-0.2, 0) is 12.8 Å². The Morgan fingerprint density at radius 3 is 2.44 bits per heavy atom. The van der Waals surface area contributed by atoms with Crippen molar-refractivity contribution in [3.63, 3.8) is 0 Å². The summed E-state index contributed by atoms with van der Waals surface area (Å²) in [7, 11) is 3.31. The molecule has 98 valence electrons. The molecule has 0 radical (unpaired) electrons. The molecule has 18 heavy (non-hydrogen) atoms. The first-order valence-electron chi connectivity index (χ1n) is 5.94. The highest BCUT2D eigenvalue weighted by atomic mass is 16.5. The number of benzene rings is 1. The van der Waals surface area contributed by atoms with Gasteiger partial charge in [0, 0.05) is 17.2 Å². The second-order valence-corrected chi connectivity index (χ2v) is 4.38. The molecule has 1 aromatic carbocycles. The lowest BCUT2D eigenvalue weighted by Gasteiger charge is -2.27. The first-order valence-corrected chi connectivity index (χ1v) is 5.94. The molecule has 0 spiro atoms. The van der Waals surface area contributed by atoms with Gasteiger partial charge in [0.25, 0.3) is 0 Å². The molecule has 2 rings (SSSR count). The number of amides is 2. The first-order chi connectivity index (χ1) is 8.65. The van der Waals surface area contributed by atoms with E-state index in [1.54, 1.807) is 14.2 Å². The standard InChI is InChI=1S/C13H18N2O3/c1-17-11-5-6-12(18-2)10-7-8(15-13(14)16)3-4-9(10)11/h5-6,8H,3-4,7H2,1-2H3,(H3,14,15,16). The lowest BCUT2D eigenvalue weighted by Crippen LogP contribution is -2.41. The maximum atomic E-state index is 10.9. The molecule has 5 nitrogen and oxygen atoms in total. The quantitative estimate of drug-likeness (QED) is 0.847. The molecule has 0 aliphatic heterocycles. The second kappa shape index (κ2) is 5.16. The van der Waals surface area contributed by atoms with Crippen molar-refractivity contribution in [3.8, 4) is 11.5 Å². The van der Waals surface area contributed by atoms with Crippen LogP contribution >= 0.6 is 0 Å². The lowest BCUT2D eigenvalue weighted by atomic mass is 9.87. The Kier molecular flexibility index (Phi) is 3.60. The maximum Gasteiger partial charge on any atom is 0.312 e. The molecular formula is C13H18N2O3. The van der Waals surface area contributed by atoms with Gasteiger partial charge in [0.05, 0.1) is 14.2 Å². The average molecular weight is 250 g/mol. The van der Waals surface area contributed by atoms with Crippen molar-refractivity contribution in [2.24, 2.45) is 5.73 Å². The van der Waals surface area contributed by atoms with Crippen LogP contribution in [0.15, 0.2) is 12.1 Å². The molecule has 1 aromatic rings. The minimum atomic E-state index is -0.481. The number of nitrogens with one attached hydrogen (secondary N) is 1. The van der Waals surface area contributed by atoms with Crippen molar-refractivity contribution in [2.45, 2.75) is 25.3 Å². The Morgan fingerprint density at radius 2 is 1.89 bits per heavy atom. The second-order valence-electron chi connectivity index (χ2n) is 4.38. The number of nitrogens with two attached hydrogens (primary N) is 1. The molecule has 0 heterocycles. The fourth-order valence-corrected chi connectivity index (χ4v) is 2.52. The number of primary amides is 1. The molecule has 5 heteroatoms. The topological polar surface area (TPSA) is 73.6 Å². The summed E-state index contributed by atoms with van der Waals surface area (Å²) < 4.78 is 10.7. The third-order valence-electron chi connectivity index (χ3n) is 3.32. The summed E-state index contributed by atoms with van der Waals surface area (Å²) in [5, 5.41) is 2.75. The van der Waals surface area contributed by atoms with Crippen molar-refractivity contribution < 1.29 is 14.3 Å². The molecule has 1 aliphatic rings. The van der Waals surface area contributed by atoms with Gasteiger partial charge >= 0.3 is 6.03 Å². The van der Waals surface area contributed by atoms with Crippen LogP contribution in [-0.4, -0.2) is 26.3 Å². The van der Waals surface area contributed by atoms with E-state index in [0.717, 1.165) is 36.3 Å². The molecule has 1 aliphatic carbocycles. The van der Waals surface area contributed by atoms with Crippen LogP contribution in [0, 0.1) is 0 Å². The van der Waals surface area contributed by atoms with E-state index in [1.165, 1.54) is 5.56 Å². The van der Waals surface area contributed by atoms with Crippen molar-refractivity contribution in [1.29, 1.82) is 0 Å². The molecule has 1 unspecified atom stereocenters. The number of hydrogen-bond donors (Lipinski definition) is 2. The van der Waals surface area contributed by atoms with Gasteiger partial charge in [0.2, 0.25) is 0 Å². The zero-order valence-corrected chi connectivity index (χ0v) is 10.7. The predicted molar refractivity (Wildman–Crippen MR) is 68.1 cm³/mol. The number of carbonyl (C=O) groups is 1. The van der Waals surface area contributed by atoms with E-state index in [4.69, 9.17) is 15.2 Å². The van der Waals surface area contributed by atoms with Crippen LogP contribution < -0.4 is 20.5 Å². The van der Waals surface area contributed by atoms with Crippen LogP contribution in [0.1, 0.15) is 17.5 Å². The number of fused-ring (bicyclic) bond motifs is 1. The smallest absolute Gasteiger partial charge is 0.312 e. The van der Waals surface area contributed by atoms with Gasteiger partial charge in [-0.2, -0.15) is 0 Å². The van der Waals surface area contributed by atoms with Gasteiger partial charge in [-0.25, -0.2) is 4.79 Å². The molecule has 0 fully saturated rings. The van der Waals surface area contributed by atoms with Crippen molar-refractivity contribution in [1.82, 2.24) is 5.32 Å². The zero-order chi connectivity index (χ0) is 13.1. The number of ether oxygens (including phenoxy) is 2. The van der Waals surface area contributed by atoms with Gasteiger partial charge in [-0.05, 0) is 31.4 Å². The van der Waals surface area contributed by atoms with E-state index in [1.807, 2.05) is 12.1 Å². The van der Waals surface area contributed by atoms with E-state index in [0.29, 0.717) is 0 Å². The molecule has 0 bridgehead atoms. The van der Waals surface area contributed by atoms with Crippen molar-refractivity contribution in [3.05, 3.63) is 23.3 Å². The maximum absolute atomic E-state index is 10.9. The van der Waals surface area contributed by atoms with E-state index in [9.17, 15) is 4.79 Å². The first kappa shape index (κ1) is 12.5. The Bertz CT molecular complexity index is 460. The number of rotatable bonds is 3. The monoisotopic (exact) mass is 250 g/mol. The highest BCUT2D eigenvalue weighted by Gasteiger charge is 2.25. The molecular weight excluding hydrogens is 232 g/mol. The Hall–Kier alpha value is -1.91. The number of carbonyl (C=O) groups excluding carboxylic acids is 1. The fraction of sp³-hybridized carbons (Fsp3) is 0.462. The molecule has 2 amide bonds. The lowest BCUT2D eigenvalue weighted by molar-refractivity contribution is 0.243. The molecule has 3 N–H and O–H groups in total. The summed E-state index contributed by atoms with van der Waals surface area (Å²) in [5.74, 6) is 1.71. The largest absolute Gasteiger partial charge is 0.496 e. The van der Waals surface area contributed by atoms with E-state index < -0.39 is 6.03 Å². The minimum Gasteiger partial charge on any atom is -0.496 e. The summed E-state index contributed by atoms with van der Waals surface area (Å²) >= 11 is 0. The van der Waals surface area contributed by atoms with E-state index >= 15 is 0 Å². The number of methoxy groups -OCH3 is 2.